The van der Waals surface area contributed by atoms with Crippen LogP contribution in [0.25, 0.3) is 0 Å². The summed E-state index contributed by atoms with van der Waals surface area (Å²) in [5, 5.41) is 6.17. The standard InChI is InChI=1S/C22H30N4O3/c1-5-23-22(26(2)16-18-9-6-7-12-20(18)29-4)25-14-13-24-21(27)17-10-8-11-19(15-17)28-3/h6-12,15H,5,13-14,16H2,1-4H3,(H,23,25)(H,24,27). The van der Waals surface area contributed by atoms with Gasteiger partial charge >= 0.3 is 0 Å². The summed E-state index contributed by atoms with van der Waals surface area (Å²) in [7, 11) is 5.22. The lowest BCUT2D eigenvalue weighted by Gasteiger charge is -2.23. The minimum absolute atomic E-state index is 0.147. The normalized spacial score (nSPS) is 11.0. The number of ether oxygens (including phenoxy) is 2. The molecule has 2 aromatic rings. The lowest BCUT2D eigenvalue weighted by atomic mass is 10.2. The number of aliphatic imine (C=N–C) groups is 1. The number of para-hydroxylation sites is 1. The van der Waals surface area contributed by atoms with Gasteiger partial charge in [0.25, 0.3) is 5.91 Å². The Balaban J connectivity index is 1.93. The van der Waals surface area contributed by atoms with E-state index in [-0.39, 0.29) is 5.91 Å². The second kappa shape index (κ2) is 11.6. The molecule has 2 rings (SSSR count). The first-order valence-electron chi connectivity index (χ1n) is 9.62. The Morgan fingerprint density at radius 3 is 2.59 bits per heavy atom. The summed E-state index contributed by atoms with van der Waals surface area (Å²) in [5.74, 6) is 2.13. The highest BCUT2D eigenvalue weighted by molar-refractivity contribution is 5.94. The van der Waals surface area contributed by atoms with Crippen LogP contribution in [0.5, 0.6) is 11.5 Å². The van der Waals surface area contributed by atoms with Crippen LogP contribution >= 0.6 is 0 Å². The van der Waals surface area contributed by atoms with E-state index in [1.807, 2.05) is 43.1 Å². The fourth-order valence-corrected chi connectivity index (χ4v) is 2.83. The lowest BCUT2D eigenvalue weighted by Crippen LogP contribution is -2.39. The molecule has 0 aliphatic rings. The molecule has 156 valence electrons. The minimum Gasteiger partial charge on any atom is -0.497 e. The Bertz CT molecular complexity index is 823. The molecule has 7 heteroatoms. The topological polar surface area (TPSA) is 75.2 Å². The number of guanidine groups is 1. The van der Waals surface area contributed by atoms with Gasteiger partial charge in [-0.3, -0.25) is 9.79 Å². The molecule has 0 aromatic heterocycles. The van der Waals surface area contributed by atoms with E-state index in [1.165, 1.54) is 0 Å². The zero-order valence-electron chi connectivity index (χ0n) is 17.6. The van der Waals surface area contributed by atoms with Crippen LogP contribution in [0.4, 0.5) is 0 Å². The van der Waals surface area contributed by atoms with Gasteiger partial charge in [-0.1, -0.05) is 24.3 Å². The monoisotopic (exact) mass is 398 g/mol. The molecular weight excluding hydrogens is 368 g/mol. The fourth-order valence-electron chi connectivity index (χ4n) is 2.83. The SMILES string of the molecule is CCNC(=NCCNC(=O)c1cccc(OC)c1)N(C)Cc1ccccc1OC. The highest BCUT2D eigenvalue weighted by Crippen LogP contribution is 2.18. The molecule has 2 aromatic carbocycles. The molecule has 2 N–H and O–H groups in total. The van der Waals surface area contributed by atoms with Crippen molar-refractivity contribution in [3.05, 3.63) is 59.7 Å². The first-order valence-corrected chi connectivity index (χ1v) is 9.62. The van der Waals surface area contributed by atoms with E-state index in [2.05, 4.69) is 15.6 Å². The maximum atomic E-state index is 12.3. The predicted octanol–water partition coefficient (Wildman–Crippen LogP) is 2.53. The molecule has 0 aliphatic carbocycles. The minimum atomic E-state index is -0.147. The molecule has 0 saturated carbocycles. The second-order valence-corrected chi connectivity index (χ2v) is 6.39. The van der Waals surface area contributed by atoms with Crippen molar-refractivity contribution in [1.29, 1.82) is 0 Å². The number of nitrogens with one attached hydrogen (secondary N) is 2. The smallest absolute Gasteiger partial charge is 0.251 e. The molecular formula is C22H30N4O3. The summed E-state index contributed by atoms with van der Waals surface area (Å²) in [6.07, 6.45) is 0. The third-order valence-electron chi connectivity index (χ3n) is 4.29. The third-order valence-corrected chi connectivity index (χ3v) is 4.29. The Kier molecular flexibility index (Phi) is 8.82. The summed E-state index contributed by atoms with van der Waals surface area (Å²) in [4.78, 5) is 18.9. The number of carbonyl (C=O) groups excluding carboxylic acids is 1. The Labute approximate surface area is 172 Å². The maximum Gasteiger partial charge on any atom is 0.251 e. The average Bonchev–Trinajstić information content (AvgIpc) is 2.76. The number of nitrogens with zero attached hydrogens (tertiary/aromatic N) is 2. The van der Waals surface area contributed by atoms with Gasteiger partial charge < -0.3 is 25.0 Å². The molecule has 0 radical (unpaired) electrons. The van der Waals surface area contributed by atoms with Crippen LogP contribution in [-0.4, -0.2) is 57.7 Å². The zero-order chi connectivity index (χ0) is 21.1. The van der Waals surface area contributed by atoms with Crippen LogP contribution in [0, 0.1) is 0 Å². The number of methoxy groups -OCH3 is 2. The van der Waals surface area contributed by atoms with E-state index < -0.39 is 0 Å². The number of amides is 1. The molecule has 0 heterocycles. The number of rotatable bonds is 9. The third kappa shape index (κ3) is 6.71. The molecule has 0 atom stereocenters. The molecule has 1 amide bonds. The van der Waals surface area contributed by atoms with Crippen molar-refractivity contribution >= 4 is 11.9 Å². The Morgan fingerprint density at radius 2 is 1.86 bits per heavy atom. The maximum absolute atomic E-state index is 12.3. The molecule has 0 spiro atoms. The lowest BCUT2D eigenvalue weighted by molar-refractivity contribution is 0.0954. The Morgan fingerprint density at radius 1 is 1.07 bits per heavy atom. The van der Waals surface area contributed by atoms with Gasteiger partial charge in [-0.25, -0.2) is 0 Å². The van der Waals surface area contributed by atoms with Crippen molar-refractivity contribution in [3.8, 4) is 11.5 Å². The molecule has 0 bridgehead atoms. The van der Waals surface area contributed by atoms with Crippen molar-refractivity contribution in [1.82, 2.24) is 15.5 Å². The van der Waals surface area contributed by atoms with Crippen molar-refractivity contribution < 1.29 is 14.3 Å². The van der Waals surface area contributed by atoms with Gasteiger partial charge in [0, 0.05) is 37.8 Å². The van der Waals surface area contributed by atoms with Crippen LogP contribution < -0.4 is 20.1 Å². The van der Waals surface area contributed by atoms with Gasteiger partial charge in [0.1, 0.15) is 11.5 Å². The molecule has 7 nitrogen and oxygen atoms in total. The Hall–Kier alpha value is -3.22. The van der Waals surface area contributed by atoms with E-state index in [0.29, 0.717) is 30.9 Å². The van der Waals surface area contributed by atoms with Gasteiger partial charge in [-0.05, 0) is 31.2 Å². The van der Waals surface area contributed by atoms with Crippen molar-refractivity contribution in [2.75, 3.05) is 40.9 Å². The first-order chi connectivity index (χ1) is 14.1. The van der Waals surface area contributed by atoms with E-state index in [9.17, 15) is 4.79 Å². The van der Waals surface area contributed by atoms with Gasteiger partial charge in [-0.15, -0.1) is 0 Å². The summed E-state index contributed by atoms with van der Waals surface area (Å²) in [5.41, 5.74) is 1.64. The van der Waals surface area contributed by atoms with Crippen molar-refractivity contribution in [2.45, 2.75) is 13.5 Å². The molecule has 0 fully saturated rings. The average molecular weight is 399 g/mol. The molecule has 0 saturated heterocycles. The molecule has 0 aliphatic heterocycles. The van der Waals surface area contributed by atoms with E-state index in [1.54, 1.807) is 38.5 Å². The number of hydrogen-bond donors (Lipinski definition) is 2. The van der Waals surface area contributed by atoms with Crippen molar-refractivity contribution in [3.63, 3.8) is 0 Å². The number of benzene rings is 2. The summed E-state index contributed by atoms with van der Waals surface area (Å²) < 4.78 is 10.6. The highest BCUT2D eigenvalue weighted by atomic mass is 16.5. The quantitative estimate of drug-likeness (QED) is 0.386. The predicted molar refractivity (Wildman–Crippen MR) is 116 cm³/mol. The number of carbonyl (C=O) groups is 1. The van der Waals surface area contributed by atoms with E-state index in [0.717, 1.165) is 23.8 Å². The summed E-state index contributed by atoms with van der Waals surface area (Å²) in [6, 6.07) is 15.0. The first kappa shape index (κ1) is 22.1. The number of hydrogen-bond acceptors (Lipinski definition) is 4. The second-order valence-electron chi connectivity index (χ2n) is 6.39. The summed E-state index contributed by atoms with van der Waals surface area (Å²) >= 11 is 0. The summed E-state index contributed by atoms with van der Waals surface area (Å²) in [6.45, 7) is 4.34. The zero-order valence-corrected chi connectivity index (χ0v) is 17.6. The highest BCUT2D eigenvalue weighted by Gasteiger charge is 2.10. The van der Waals surface area contributed by atoms with Crippen LogP contribution in [-0.2, 0) is 6.54 Å². The van der Waals surface area contributed by atoms with E-state index in [4.69, 9.17) is 9.47 Å². The molecule has 29 heavy (non-hydrogen) atoms. The van der Waals surface area contributed by atoms with Crippen LogP contribution in [0.1, 0.15) is 22.8 Å². The van der Waals surface area contributed by atoms with Crippen LogP contribution in [0.15, 0.2) is 53.5 Å². The van der Waals surface area contributed by atoms with Gasteiger partial charge in [0.05, 0.1) is 20.8 Å². The van der Waals surface area contributed by atoms with Crippen LogP contribution in [0.2, 0.25) is 0 Å². The van der Waals surface area contributed by atoms with Gasteiger partial charge in [0.2, 0.25) is 0 Å². The van der Waals surface area contributed by atoms with Gasteiger partial charge in [-0.2, -0.15) is 0 Å². The fraction of sp³-hybridized carbons (Fsp3) is 0.364. The molecule has 0 unspecified atom stereocenters. The van der Waals surface area contributed by atoms with E-state index >= 15 is 0 Å². The van der Waals surface area contributed by atoms with Crippen LogP contribution in [0.3, 0.4) is 0 Å². The largest absolute Gasteiger partial charge is 0.497 e. The van der Waals surface area contributed by atoms with Crippen molar-refractivity contribution in [2.24, 2.45) is 4.99 Å². The van der Waals surface area contributed by atoms with Gasteiger partial charge in [0.15, 0.2) is 5.96 Å².